The molecule has 1 fully saturated rings. The lowest BCUT2D eigenvalue weighted by Gasteiger charge is -2.20. The first-order chi connectivity index (χ1) is 13.0. The highest BCUT2D eigenvalue weighted by Crippen LogP contribution is 2.28. The number of rotatable bonds is 7. The lowest BCUT2D eigenvalue weighted by Crippen LogP contribution is -2.40. The van der Waals surface area contributed by atoms with Crippen LogP contribution in [-0.2, 0) is 10.3 Å². The van der Waals surface area contributed by atoms with Gasteiger partial charge in [-0.2, -0.15) is 5.10 Å². The van der Waals surface area contributed by atoms with Gasteiger partial charge in [0.25, 0.3) is 5.91 Å². The number of ether oxygens (including phenoxy) is 1. The van der Waals surface area contributed by atoms with Gasteiger partial charge in [-0.05, 0) is 48.7 Å². The number of urea groups is 1. The number of nitrogens with one attached hydrogen (secondary N) is 1. The molecule has 6 heteroatoms. The number of imide groups is 1. The highest BCUT2D eigenvalue weighted by molar-refractivity contribution is 6.07. The third kappa shape index (κ3) is 4.00. The summed E-state index contributed by atoms with van der Waals surface area (Å²) in [7, 11) is 0. The predicted octanol–water partition coefficient (Wildman–Crippen LogP) is 3.67. The van der Waals surface area contributed by atoms with Gasteiger partial charge >= 0.3 is 6.03 Å². The molecule has 0 spiro atoms. The van der Waals surface area contributed by atoms with Crippen molar-refractivity contribution in [1.82, 2.24) is 10.3 Å². The molecule has 0 saturated carbocycles. The third-order valence-corrected chi connectivity index (χ3v) is 4.49. The largest absolute Gasteiger partial charge is 0.494 e. The molecule has 0 bridgehead atoms. The predicted molar refractivity (Wildman–Crippen MR) is 104 cm³/mol. The lowest BCUT2D eigenvalue weighted by molar-refractivity contribution is -0.131. The van der Waals surface area contributed by atoms with Crippen molar-refractivity contribution in [3.05, 3.63) is 65.7 Å². The maximum Gasteiger partial charge on any atom is 0.346 e. The number of hydrazone groups is 1. The molecule has 1 aliphatic heterocycles. The highest BCUT2D eigenvalue weighted by Gasteiger charge is 2.49. The summed E-state index contributed by atoms with van der Waals surface area (Å²) in [6.45, 7) is 4.48. The van der Waals surface area contributed by atoms with Crippen LogP contribution < -0.4 is 10.1 Å². The van der Waals surface area contributed by atoms with Gasteiger partial charge in [-0.3, -0.25) is 4.79 Å². The Morgan fingerprint density at radius 3 is 2.48 bits per heavy atom. The molecule has 1 N–H and O–H groups in total. The molecule has 1 aliphatic rings. The monoisotopic (exact) mass is 365 g/mol. The van der Waals surface area contributed by atoms with Crippen LogP contribution >= 0.6 is 0 Å². The second kappa shape index (κ2) is 8.03. The van der Waals surface area contributed by atoms with Crippen LogP contribution in [0.25, 0.3) is 0 Å². The van der Waals surface area contributed by atoms with Crippen molar-refractivity contribution in [3.63, 3.8) is 0 Å². The molecule has 1 atom stereocenters. The molecule has 0 radical (unpaired) electrons. The van der Waals surface area contributed by atoms with E-state index in [2.05, 4.69) is 17.3 Å². The molecule has 1 heterocycles. The fraction of sp³-hybridized carbons (Fsp3) is 0.286. The molecule has 3 rings (SSSR count). The number of carbonyl (C=O) groups excluding carboxylic acids is 2. The van der Waals surface area contributed by atoms with Crippen LogP contribution in [0.2, 0.25) is 0 Å². The smallest absolute Gasteiger partial charge is 0.346 e. The SMILES string of the molecule is CCCCOc1ccc(/C=N\N2C(=O)N[C@](C)(c3ccccc3)C2=O)cc1. The van der Waals surface area contributed by atoms with E-state index in [1.165, 1.54) is 6.21 Å². The summed E-state index contributed by atoms with van der Waals surface area (Å²) >= 11 is 0. The second-order valence-corrected chi connectivity index (χ2v) is 6.55. The molecule has 6 nitrogen and oxygen atoms in total. The zero-order chi connectivity index (χ0) is 19.3. The van der Waals surface area contributed by atoms with Crippen molar-refractivity contribution in [2.45, 2.75) is 32.2 Å². The van der Waals surface area contributed by atoms with Crippen molar-refractivity contribution in [2.24, 2.45) is 5.10 Å². The lowest BCUT2D eigenvalue weighted by atomic mass is 9.92. The van der Waals surface area contributed by atoms with Crippen molar-refractivity contribution in [3.8, 4) is 5.75 Å². The van der Waals surface area contributed by atoms with Gasteiger partial charge < -0.3 is 10.1 Å². The Hall–Kier alpha value is -3.15. The molecule has 0 unspecified atom stereocenters. The molecule has 1 saturated heterocycles. The quantitative estimate of drug-likeness (QED) is 0.462. The average Bonchev–Trinajstić information content (AvgIpc) is 2.91. The van der Waals surface area contributed by atoms with Gasteiger partial charge in [0.05, 0.1) is 12.8 Å². The van der Waals surface area contributed by atoms with Crippen molar-refractivity contribution < 1.29 is 14.3 Å². The summed E-state index contributed by atoms with van der Waals surface area (Å²) in [5.41, 5.74) is 0.369. The number of benzene rings is 2. The standard InChI is InChI=1S/C21H23N3O3/c1-3-4-14-27-18-12-10-16(11-13-18)15-22-24-19(25)21(2,23-20(24)26)17-8-6-5-7-9-17/h5-13,15H,3-4,14H2,1-2H3,(H,23,26)/b22-15-/t21-/m1/s1. The van der Waals surface area contributed by atoms with E-state index >= 15 is 0 Å². The van der Waals surface area contributed by atoms with Gasteiger partial charge in [-0.1, -0.05) is 43.7 Å². The maximum atomic E-state index is 12.8. The zero-order valence-corrected chi connectivity index (χ0v) is 15.5. The molecule has 0 aromatic heterocycles. The van der Waals surface area contributed by atoms with Crippen molar-refractivity contribution in [1.29, 1.82) is 0 Å². The fourth-order valence-electron chi connectivity index (χ4n) is 2.81. The Bertz CT molecular complexity index is 834. The average molecular weight is 365 g/mol. The summed E-state index contributed by atoms with van der Waals surface area (Å²) in [5.74, 6) is 0.377. The van der Waals surface area contributed by atoms with Crippen molar-refractivity contribution in [2.75, 3.05) is 6.61 Å². The van der Waals surface area contributed by atoms with E-state index in [0.29, 0.717) is 6.61 Å². The van der Waals surface area contributed by atoms with E-state index in [1.54, 1.807) is 6.92 Å². The van der Waals surface area contributed by atoms with Crippen LogP contribution in [0.15, 0.2) is 59.7 Å². The topological polar surface area (TPSA) is 71.0 Å². The Labute approximate surface area is 158 Å². The van der Waals surface area contributed by atoms with Crippen LogP contribution in [0.4, 0.5) is 4.79 Å². The van der Waals surface area contributed by atoms with Crippen LogP contribution in [0, 0.1) is 0 Å². The Kier molecular flexibility index (Phi) is 5.54. The third-order valence-electron chi connectivity index (χ3n) is 4.49. The van der Waals surface area contributed by atoms with Gasteiger partial charge in [0, 0.05) is 0 Å². The Morgan fingerprint density at radius 1 is 1.11 bits per heavy atom. The number of nitrogens with zero attached hydrogens (tertiary/aromatic N) is 2. The first kappa shape index (κ1) is 18.6. The van der Waals surface area contributed by atoms with Crippen LogP contribution in [0.3, 0.4) is 0 Å². The van der Waals surface area contributed by atoms with E-state index in [9.17, 15) is 9.59 Å². The summed E-state index contributed by atoms with van der Waals surface area (Å²) in [5, 5.41) is 7.69. The van der Waals surface area contributed by atoms with Crippen LogP contribution in [-0.4, -0.2) is 29.8 Å². The summed E-state index contributed by atoms with van der Waals surface area (Å²) in [4.78, 5) is 25.0. The normalized spacial score (nSPS) is 19.6. The fourth-order valence-corrected chi connectivity index (χ4v) is 2.81. The van der Waals surface area contributed by atoms with E-state index in [4.69, 9.17) is 4.74 Å². The van der Waals surface area contributed by atoms with E-state index in [-0.39, 0.29) is 0 Å². The van der Waals surface area contributed by atoms with Crippen molar-refractivity contribution >= 4 is 18.2 Å². The second-order valence-electron chi connectivity index (χ2n) is 6.55. The number of hydrogen-bond acceptors (Lipinski definition) is 4. The van der Waals surface area contributed by atoms with Crippen LogP contribution in [0.5, 0.6) is 5.75 Å². The van der Waals surface area contributed by atoms with E-state index < -0.39 is 17.5 Å². The molecular weight excluding hydrogens is 342 g/mol. The van der Waals surface area contributed by atoms with Gasteiger partial charge in [0.1, 0.15) is 11.3 Å². The van der Waals surface area contributed by atoms with Gasteiger partial charge in [0.2, 0.25) is 0 Å². The van der Waals surface area contributed by atoms with E-state index in [1.807, 2.05) is 54.6 Å². The van der Waals surface area contributed by atoms with Gasteiger partial charge in [0.15, 0.2) is 0 Å². The maximum absolute atomic E-state index is 12.8. The number of unbranched alkanes of at least 4 members (excludes halogenated alkanes) is 1. The Morgan fingerprint density at radius 2 is 1.81 bits per heavy atom. The molecule has 27 heavy (non-hydrogen) atoms. The molecule has 2 aromatic carbocycles. The van der Waals surface area contributed by atoms with E-state index in [0.717, 1.165) is 34.7 Å². The first-order valence-electron chi connectivity index (χ1n) is 9.03. The summed E-state index contributed by atoms with van der Waals surface area (Å²) < 4.78 is 5.62. The number of amides is 3. The number of hydrogen-bond donors (Lipinski definition) is 1. The molecular formula is C21H23N3O3. The zero-order valence-electron chi connectivity index (χ0n) is 15.5. The van der Waals surface area contributed by atoms with Gasteiger partial charge in [-0.15, -0.1) is 5.01 Å². The van der Waals surface area contributed by atoms with Gasteiger partial charge in [-0.25, -0.2) is 4.79 Å². The van der Waals surface area contributed by atoms with Crippen LogP contribution in [0.1, 0.15) is 37.8 Å². The number of carbonyl (C=O) groups is 2. The molecule has 0 aliphatic carbocycles. The molecule has 3 amide bonds. The highest BCUT2D eigenvalue weighted by atomic mass is 16.5. The Balaban J connectivity index is 1.70. The minimum absolute atomic E-state index is 0.408. The first-order valence-corrected chi connectivity index (χ1v) is 9.03. The summed E-state index contributed by atoms with van der Waals surface area (Å²) in [6, 6.07) is 16.0. The minimum atomic E-state index is -1.12. The molecule has 2 aromatic rings. The minimum Gasteiger partial charge on any atom is -0.494 e. The molecule has 140 valence electrons. The summed E-state index contributed by atoms with van der Waals surface area (Å²) in [6.07, 6.45) is 3.58.